The minimum absolute atomic E-state index is 0.0113. The first-order valence-corrected chi connectivity index (χ1v) is 10.0. The van der Waals surface area contributed by atoms with Crippen molar-refractivity contribution in [3.63, 3.8) is 0 Å². The summed E-state index contributed by atoms with van der Waals surface area (Å²) in [4.78, 5) is 14.6. The lowest BCUT2D eigenvalue weighted by molar-refractivity contribution is -0.132. The number of aromatic nitrogens is 3. The molecular formula is C22H26N4O3S. The summed E-state index contributed by atoms with van der Waals surface area (Å²) in [5.74, 6) is 2.23. The number of benzene rings is 2. The number of H-pyrrole nitrogens is 1. The molecule has 0 saturated carbocycles. The van der Waals surface area contributed by atoms with Gasteiger partial charge in [0.1, 0.15) is 11.5 Å². The number of hydrogen-bond donors (Lipinski definition) is 1. The highest BCUT2D eigenvalue weighted by Crippen LogP contribution is 2.28. The van der Waals surface area contributed by atoms with Crippen molar-refractivity contribution >= 4 is 18.1 Å². The summed E-state index contributed by atoms with van der Waals surface area (Å²) in [5.41, 5.74) is 1.86. The van der Waals surface area contributed by atoms with E-state index in [0.29, 0.717) is 23.6 Å². The molecule has 3 aromatic rings. The molecule has 3 rings (SSSR count). The van der Waals surface area contributed by atoms with Crippen LogP contribution in [0.3, 0.4) is 0 Å². The van der Waals surface area contributed by atoms with Crippen LogP contribution in [0, 0.1) is 4.77 Å². The van der Waals surface area contributed by atoms with Gasteiger partial charge in [0.05, 0.1) is 20.3 Å². The normalized spacial score (nSPS) is 11.7. The Morgan fingerprint density at radius 2 is 1.87 bits per heavy atom. The molecule has 30 heavy (non-hydrogen) atoms. The Hall–Kier alpha value is -3.13. The van der Waals surface area contributed by atoms with Crippen molar-refractivity contribution in [2.24, 2.45) is 0 Å². The number of ether oxygens (including phenoxy) is 2. The molecule has 0 aliphatic carbocycles. The number of aromatic amines is 1. The highest BCUT2D eigenvalue weighted by atomic mass is 32.1. The molecular weight excluding hydrogens is 400 g/mol. The van der Waals surface area contributed by atoms with E-state index in [1.807, 2.05) is 60.0 Å². The predicted octanol–water partition coefficient (Wildman–Crippen LogP) is 4.23. The smallest absolute Gasteiger partial charge is 0.224 e. The number of carbonyl (C=O) groups excluding carboxylic acids is 1. The fourth-order valence-corrected chi connectivity index (χ4v) is 3.53. The standard InChI is InChI=1S/C22H26N4O3S/c1-15(18-7-5-6-8-19(18)29-4)25(2)20(27)13-14-26-21(23-24-22(26)30)16-9-11-17(28-3)12-10-16/h5-12,15H,13-14H2,1-4H3,(H,24,30). The van der Waals surface area contributed by atoms with Gasteiger partial charge in [0, 0.05) is 31.1 Å². The zero-order chi connectivity index (χ0) is 21.7. The molecule has 2 aromatic carbocycles. The van der Waals surface area contributed by atoms with Crippen LogP contribution in [0.4, 0.5) is 0 Å². The zero-order valence-electron chi connectivity index (χ0n) is 17.6. The SMILES string of the molecule is COc1ccc(-c2n[nH]c(=S)n2CCC(=O)N(C)C(C)c2ccccc2OC)cc1. The summed E-state index contributed by atoms with van der Waals surface area (Å²) in [6, 6.07) is 15.2. The molecule has 0 fully saturated rings. The number of amides is 1. The number of nitrogens with one attached hydrogen (secondary N) is 1. The first-order chi connectivity index (χ1) is 14.5. The van der Waals surface area contributed by atoms with Gasteiger partial charge in [0.2, 0.25) is 5.91 Å². The van der Waals surface area contributed by atoms with Crippen LogP contribution < -0.4 is 9.47 Å². The molecule has 158 valence electrons. The van der Waals surface area contributed by atoms with Crippen LogP contribution in [0.15, 0.2) is 48.5 Å². The molecule has 1 atom stereocenters. The summed E-state index contributed by atoms with van der Waals surface area (Å²) in [5, 5.41) is 7.16. The second kappa shape index (κ2) is 9.58. The molecule has 0 spiro atoms. The van der Waals surface area contributed by atoms with Crippen LogP contribution in [0.1, 0.15) is 24.9 Å². The lowest BCUT2D eigenvalue weighted by Crippen LogP contribution is -2.30. The predicted molar refractivity (Wildman–Crippen MR) is 118 cm³/mol. The molecule has 8 heteroatoms. The maximum absolute atomic E-state index is 12.9. The van der Waals surface area contributed by atoms with E-state index in [2.05, 4.69) is 10.2 Å². The first kappa shape index (κ1) is 21.6. The fourth-order valence-electron chi connectivity index (χ4n) is 3.31. The van der Waals surface area contributed by atoms with E-state index < -0.39 is 0 Å². The quantitative estimate of drug-likeness (QED) is 0.546. The van der Waals surface area contributed by atoms with Gasteiger partial charge >= 0.3 is 0 Å². The monoisotopic (exact) mass is 426 g/mol. The van der Waals surface area contributed by atoms with E-state index in [1.165, 1.54) is 0 Å². The number of carbonyl (C=O) groups is 1. The van der Waals surface area contributed by atoms with Gasteiger partial charge in [-0.05, 0) is 49.5 Å². The average Bonchev–Trinajstić information content (AvgIpc) is 3.16. The van der Waals surface area contributed by atoms with Gasteiger partial charge in [0.25, 0.3) is 0 Å². The van der Waals surface area contributed by atoms with E-state index in [9.17, 15) is 4.79 Å². The van der Waals surface area contributed by atoms with Crippen LogP contribution in [0.25, 0.3) is 11.4 Å². The van der Waals surface area contributed by atoms with Crippen LogP contribution in [0.5, 0.6) is 11.5 Å². The Morgan fingerprint density at radius 3 is 2.53 bits per heavy atom. The lowest BCUT2D eigenvalue weighted by atomic mass is 10.1. The summed E-state index contributed by atoms with van der Waals surface area (Å²) >= 11 is 5.38. The van der Waals surface area contributed by atoms with Crippen molar-refractivity contribution in [2.75, 3.05) is 21.3 Å². The molecule has 1 N–H and O–H groups in total. The van der Waals surface area contributed by atoms with Gasteiger partial charge in [-0.1, -0.05) is 18.2 Å². The maximum atomic E-state index is 12.9. The lowest BCUT2D eigenvalue weighted by Gasteiger charge is -2.26. The molecule has 0 radical (unpaired) electrons. The molecule has 1 amide bonds. The second-order valence-electron chi connectivity index (χ2n) is 6.91. The zero-order valence-corrected chi connectivity index (χ0v) is 18.4. The summed E-state index contributed by atoms with van der Waals surface area (Å²) < 4.78 is 13.0. The molecule has 0 bridgehead atoms. The van der Waals surface area contributed by atoms with E-state index in [1.54, 1.807) is 26.2 Å². The molecule has 1 unspecified atom stereocenters. The van der Waals surface area contributed by atoms with E-state index in [4.69, 9.17) is 21.7 Å². The molecule has 0 saturated heterocycles. The Morgan fingerprint density at radius 1 is 1.17 bits per heavy atom. The maximum Gasteiger partial charge on any atom is 0.224 e. The Labute approximate surface area is 181 Å². The second-order valence-corrected chi connectivity index (χ2v) is 7.29. The summed E-state index contributed by atoms with van der Waals surface area (Å²) in [7, 11) is 5.06. The van der Waals surface area contributed by atoms with E-state index in [-0.39, 0.29) is 11.9 Å². The number of rotatable bonds is 8. The minimum Gasteiger partial charge on any atom is -0.497 e. The van der Waals surface area contributed by atoms with Gasteiger partial charge in [-0.15, -0.1) is 0 Å². The molecule has 1 aromatic heterocycles. The molecule has 0 aliphatic rings. The number of para-hydroxylation sites is 1. The molecule has 1 heterocycles. The molecule has 0 aliphatic heterocycles. The highest BCUT2D eigenvalue weighted by Gasteiger charge is 2.20. The van der Waals surface area contributed by atoms with Crippen LogP contribution >= 0.6 is 12.2 Å². The van der Waals surface area contributed by atoms with Crippen molar-refractivity contribution in [2.45, 2.75) is 25.9 Å². The van der Waals surface area contributed by atoms with E-state index in [0.717, 1.165) is 22.6 Å². The summed E-state index contributed by atoms with van der Waals surface area (Å²) in [6.07, 6.45) is 0.299. The first-order valence-electron chi connectivity index (χ1n) is 9.64. The Balaban J connectivity index is 1.73. The highest BCUT2D eigenvalue weighted by molar-refractivity contribution is 7.71. The van der Waals surface area contributed by atoms with Crippen molar-refractivity contribution in [1.82, 2.24) is 19.7 Å². The number of methoxy groups -OCH3 is 2. The van der Waals surface area contributed by atoms with Crippen molar-refractivity contribution in [1.29, 1.82) is 0 Å². The van der Waals surface area contributed by atoms with Crippen LogP contribution in [-0.4, -0.2) is 46.8 Å². The third-order valence-electron chi connectivity index (χ3n) is 5.22. The third-order valence-corrected chi connectivity index (χ3v) is 5.53. The fraction of sp³-hybridized carbons (Fsp3) is 0.318. The topological polar surface area (TPSA) is 72.4 Å². The van der Waals surface area contributed by atoms with Crippen molar-refractivity contribution in [3.8, 4) is 22.9 Å². The third kappa shape index (κ3) is 4.54. The largest absolute Gasteiger partial charge is 0.497 e. The number of nitrogens with zero attached hydrogens (tertiary/aromatic N) is 3. The van der Waals surface area contributed by atoms with Crippen LogP contribution in [-0.2, 0) is 11.3 Å². The van der Waals surface area contributed by atoms with E-state index >= 15 is 0 Å². The minimum atomic E-state index is -0.118. The van der Waals surface area contributed by atoms with Gasteiger partial charge in [-0.25, -0.2) is 0 Å². The van der Waals surface area contributed by atoms with Crippen molar-refractivity contribution < 1.29 is 14.3 Å². The van der Waals surface area contributed by atoms with Crippen molar-refractivity contribution in [3.05, 3.63) is 58.9 Å². The van der Waals surface area contributed by atoms with Gasteiger partial charge in [0.15, 0.2) is 10.6 Å². The summed E-state index contributed by atoms with van der Waals surface area (Å²) in [6.45, 7) is 2.42. The van der Waals surface area contributed by atoms with Crippen LogP contribution in [0.2, 0.25) is 0 Å². The number of hydrogen-bond acceptors (Lipinski definition) is 5. The average molecular weight is 427 g/mol. The Kier molecular flexibility index (Phi) is 6.89. The molecule has 7 nitrogen and oxygen atoms in total. The van der Waals surface area contributed by atoms with Gasteiger partial charge in [-0.2, -0.15) is 5.10 Å². The Bertz CT molecular complexity index is 1060. The van der Waals surface area contributed by atoms with Gasteiger partial charge in [-0.3, -0.25) is 14.5 Å². The van der Waals surface area contributed by atoms with Gasteiger partial charge < -0.3 is 14.4 Å².